The van der Waals surface area contributed by atoms with Gasteiger partial charge in [0.05, 0.1) is 6.10 Å². The van der Waals surface area contributed by atoms with Crippen LogP contribution in [0.25, 0.3) is 0 Å². The van der Waals surface area contributed by atoms with Crippen molar-refractivity contribution in [2.45, 2.75) is 44.2 Å². The highest BCUT2D eigenvalue weighted by Gasteiger charge is 2.28. The molecule has 2 heteroatoms. The molecule has 0 spiro atoms. The number of benzene rings is 1. The fourth-order valence-electron chi connectivity index (χ4n) is 3.35. The minimum atomic E-state index is -0.265. The Bertz CT molecular complexity index is 384. The van der Waals surface area contributed by atoms with E-state index in [1.807, 2.05) is 6.07 Å². The molecule has 3 rings (SSSR count). The molecule has 0 bridgehead atoms. The van der Waals surface area contributed by atoms with Gasteiger partial charge < -0.3 is 10.0 Å². The largest absolute Gasteiger partial charge is 0.388 e. The minimum Gasteiger partial charge on any atom is -0.388 e. The third kappa shape index (κ3) is 2.24. The molecule has 2 aliphatic rings. The van der Waals surface area contributed by atoms with Crippen LogP contribution in [0, 0.1) is 0 Å². The molecule has 92 valence electrons. The van der Waals surface area contributed by atoms with Gasteiger partial charge in [-0.15, -0.1) is 0 Å². The minimum absolute atomic E-state index is 0.265. The van der Waals surface area contributed by atoms with E-state index in [1.54, 1.807) is 0 Å². The Labute approximate surface area is 103 Å². The summed E-state index contributed by atoms with van der Waals surface area (Å²) in [6.07, 6.45) is 5.64. The predicted molar refractivity (Wildman–Crippen MR) is 68.9 cm³/mol. The smallest absolute Gasteiger partial charge is 0.0807 e. The SMILES string of the molecule is OC1CC(N2CCCC2)CCc2ccccc21. The highest BCUT2D eigenvalue weighted by atomic mass is 16.3. The monoisotopic (exact) mass is 231 g/mol. The van der Waals surface area contributed by atoms with Gasteiger partial charge in [0.1, 0.15) is 0 Å². The van der Waals surface area contributed by atoms with Gasteiger partial charge in [0.25, 0.3) is 0 Å². The topological polar surface area (TPSA) is 23.5 Å². The number of aryl methyl sites for hydroxylation is 1. The second-order valence-corrected chi connectivity index (χ2v) is 5.39. The van der Waals surface area contributed by atoms with E-state index < -0.39 is 0 Å². The third-order valence-corrected chi connectivity index (χ3v) is 4.31. The predicted octanol–water partition coefficient (Wildman–Crippen LogP) is 2.52. The molecule has 0 amide bonds. The van der Waals surface area contributed by atoms with Crippen LogP contribution in [-0.2, 0) is 6.42 Å². The maximum atomic E-state index is 10.3. The van der Waals surface area contributed by atoms with E-state index in [1.165, 1.54) is 37.9 Å². The summed E-state index contributed by atoms with van der Waals surface area (Å²) in [6.45, 7) is 2.46. The van der Waals surface area contributed by atoms with Crippen LogP contribution in [0.1, 0.15) is 42.9 Å². The number of aliphatic hydroxyl groups excluding tert-OH is 1. The lowest BCUT2D eigenvalue weighted by molar-refractivity contribution is 0.115. The Balaban J connectivity index is 1.79. The summed E-state index contributed by atoms with van der Waals surface area (Å²) < 4.78 is 0. The Morgan fingerprint density at radius 2 is 1.88 bits per heavy atom. The van der Waals surface area contributed by atoms with E-state index in [9.17, 15) is 5.11 Å². The number of hydrogen-bond donors (Lipinski definition) is 1. The third-order valence-electron chi connectivity index (χ3n) is 4.31. The second-order valence-electron chi connectivity index (χ2n) is 5.39. The molecule has 2 unspecified atom stereocenters. The fraction of sp³-hybridized carbons (Fsp3) is 0.600. The van der Waals surface area contributed by atoms with Gasteiger partial charge in [-0.25, -0.2) is 0 Å². The molecule has 1 N–H and O–H groups in total. The summed E-state index contributed by atoms with van der Waals surface area (Å²) in [5.41, 5.74) is 2.51. The fourth-order valence-corrected chi connectivity index (χ4v) is 3.35. The van der Waals surface area contributed by atoms with Gasteiger partial charge in [-0.05, 0) is 56.3 Å². The molecular formula is C15H21NO. The summed E-state index contributed by atoms with van der Waals surface area (Å²) in [5, 5.41) is 10.3. The van der Waals surface area contributed by atoms with E-state index in [0.29, 0.717) is 6.04 Å². The maximum absolute atomic E-state index is 10.3. The number of hydrogen-bond acceptors (Lipinski definition) is 2. The molecule has 1 aromatic rings. The van der Waals surface area contributed by atoms with Crippen molar-refractivity contribution in [1.82, 2.24) is 4.90 Å². The molecule has 0 radical (unpaired) electrons. The molecule has 0 saturated carbocycles. The standard InChI is InChI=1S/C15H21NO/c17-15-11-13(16-9-3-4-10-16)8-7-12-5-1-2-6-14(12)15/h1-2,5-6,13,15,17H,3-4,7-11H2. The van der Waals surface area contributed by atoms with Crippen molar-refractivity contribution in [1.29, 1.82) is 0 Å². The van der Waals surface area contributed by atoms with Crippen LogP contribution < -0.4 is 0 Å². The van der Waals surface area contributed by atoms with Gasteiger partial charge >= 0.3 is 0 Å². The van der Waals surface area contributed by atoms with Gasteiger partial charge in [-0.1, -0.05) is 24.3 Å². The zero-order chi connectivity index (χ0) is 11.7. The van der Waals surface area contributed by atoms with Crippen molar-refractivity contribution in [2.75, 3.05) is 13.1 Å². The summed E-state index contributed by atoms with van der Waals surface area (Å²) in [5.74, 6) is 0. The van der Waals surface area contributed by atoms with Crippen molar-refractivity contribution in [3.8, 4) is 0 Å². The molecule has 0 aromatic heterocycles. The summed E-state index contributed by atoms with van der Waals surface area (Å²) in [4.78, 5) is 2.58. The molecule has 1 aliphatic carbocycles. The maximum Gasteiger partial charge on any atom is 0.0807 e. The van der Waals surface area contributed by atoms with Crippen LogP contribution >= 0.6 is 0 Å². The van der Waals surface area contributed by atoms with Crippen LogP contribution in [0.3, 0.4) is 0 Å². The molecule has 2 atom stereocenters. The van der Waals surface area contributed by atoms with Crippen molar-refractivity contribution >= 4 is 0 Å². The van der Waals surface area contributed by atoms with Crippen molar-refractivity contribution in [2.24, 2.45) is 0 Å². The van der Waals surface area contributed by atoms with E-state index in [4.69, 9.17) is 0 Å². The Morgan fingerprint density at radius 3 is 2.71 bits per heavy atom. The lowest BCUT2D eigenvalue weighted by atomic mass is 10.0. The molecule has 1 aliphatic heterocycles. The van der Waals surface area contributed by atoms with Crippen LogP contribution in [0.5, 0.6) is 0 Å². The van der Waals surface area contributed by atoms with E-state index in [2.05, 4.69) is 23.1 Å². The van der Waals surface area contributed by atoms with Gasteiger partial charge in [0.15, 0.2) is 0 Å². The second kappa shape index (κ2) is 4.79. The summed E-state index contributed by atoms with van der Waals surface area (Å²) in [7, 11) is 0. The van der Waals surface area contributed by atoms with Crippen molar-refractivity contribution < 1.29 is 5.11 Å². The normalized spacial score (nSPS) is 29.9. The van der Waals surface area contributed by atoms with Crippen LogP contribution in [0.2, 0.25) is 0 Å². The zero-order valence-electron chi connectivity index (χ0n) is 10.3. The van der Waals surface area contributed by atoms with E-state index >= 15 is 0 Å². The van der Waals surface area contributed by atoms with Crippen LogP contribution in [0.15, 0.2) is 24.3 Å². The van der Waals surface area contributed by atoms with Gasteiger partial charge in [-0.2, -0.15) is 0 Å². The number of likely N-dealkylation sites (tertiary alicyclic amines) is 1. The molecule has 1 saturated heterocycles. The Morgan fingerprint density at radius 1 is 1.12 bits per heavy atom. The summed E-state index contributed by atoms with van der Waals surface area (Å²) in [6, 6.07) is 8.97. The van der Waals surface area contributed by atoms with E-state index in [-0.39, 0.29) is 6.10 Å². The van der Waals surface area contributed by atoms with Gasteiger partial charge in [0, 0.05) is 6.04 Å². The van der Waals surface area contributed by atoms with Gasteiger partial charge in [0.2, 0.25) is 0 Å². The zero-order valence-corrected chi connectivity index (χ0v) is 10.3. The average Bonchev–Trinajstić information content (AvgIpc) is 2.83. The van der Waals surface area contributed by atoms with Gasteiger partial charge in [-0.3, -0.25) is 0 Å². The Kier molecular flexibility index (Phi) is 3.17. The molecular weight excluding hydrogens is 210 g/mol. The molecule has 1 heterocycles. The first-order chi connectivity index (χ1) is 8.34. The van der Waals surface area contributed by atoms with Crippen molar-refractivity contribution in [3.63, 3.8) is 0 Å². The first-order valence-electron chi connectivity index (χ1n) is 6.84. The summed E-state index contributed by atoms with van der Waals surface area (Å²) >= 11 is 0. The quantitative estimate of drug-likeness (QED) is 0.751. The lowest BCUT2D eigenvalue weighted by Gasteiger charge is -2.27. The number of fused-ring (bicyclic) bond motifs is 1. The average molecular weight is 231 g/mol. The Hall–Kier alpha value is -0.860. The van der Waals surface area contributed by atoms with Crippen LogP contribution in [0.4, 0.5) is 0 Å². The van der Waals surface area contributed by atoms with Crippen LogP contribution in [-0.4, -0.2) is 29.1 Å². The highest BCUT2D eigenvalue weighted by Crippen LogP contribution is 2.31. The van der Waals surface area contributed by atoms with E-state index in [0.717, 1.165) is 18.4 Å². The number of nitrogens with zero attached hydrogens (tertiary/aromatic N) is 1. The first-order valence-corrected chi connectivity index (χ1v) is 6.84. The number of aliphatic hydroxyl groups is 1. The molecule has 1 aromatic carbocycles. The van der Waals surface area contributed by atoms with Crippen molar-refractivity contribution in [3.05, 3.63) is 35.4 Å². The lowest BCUT2D eigenvalue weighted by Crippen LogP contribution is -2.33. The molecule has 1 fully saturated rings. The molecule has 2 nitrogen and oxygen atoms in total. The highest BCUT2D eigenvalue weighted by molar-refractivity contribution is 5.30. The first kappa shape index (κ1) is 11.2. The molecule has 17 heavy (non-hydrogen) atoms. The number of rotatable bonds is 1.